The maximum absolute atomic E-state index is 6.19. The number of fused-ring (bicyclic) bond motifs is 2. The molecule has 5 heteroatoms. The Morgan fingerprint density at radius 1 is 1.27 bits per heavy atom. The highest BCUT2D eigenvalue weighted by Crippen LogP contribution is 2.59. The summed E-state index contributed by atoms with van der Waals surface area (Å²) in [5, 5.41) is 0. The lowest BCUT2D eigenvalue weighted by molar-refractivity contribution is -0.576. The Labute approximate surface area is 131 Å². The molecule has 0 aromatic rings. The predicted octanol–water partition coefficient (Wildman–Crippen LogP) is 2.60. The standard InChI is InChI=1S/C17H24O5/c1-4-10-18-14-11(2)13-7-5-6-12-8-9-16(3)20-15(19-14)17(12,13)22-21-16/h1,11-15H,5-10H2,2-3H3/t11-,12-,13+,14-,15-,16-,17-/m1/s1. The van der Waals surface area contributed by atoms with E-state index in [4.69, 9.17) is 30.4 Å². The first-order chi connectivity index (χ1) is 10.6. The van der Waals surface area contributed by atoms with Crippen LogP contribution in [-0.2, 0) is 24.0 Å². The summed E-state index contributed by atoms with van der Waals surface area (Å²) in [4.78, 5) is 11.7. The van der Waals surface area contributed by atoms with Gasteiger partial charge in [0.2, 0.25) is 5.79 Å². The molecule has 0 unspecified atom stereocenters. The van der Waals surface area contributed by atoms with Gasteiger partial charge in [0, 0.05) is 18.3 Å². The Morgan fingerprint density at radius 3 is 2.95 bits per heavy atom. The van der Waals surface area contributed by atoms with E-state index in [1.165, 1.54) is 6.42 Å². The Bertz CT molecular complexity index is 488. The highest BCUT2D eigenvalue weighted by Gasteiger charge is 2.68. The largest absolute Gasteiger partial charge is 0.340 e. The van der Waals surface area contributed by atoms with Crippen molar-refractivity contribution in [2.24, 2.45) is 17.8 Å². The molecule has 0 aromatic carbocycles. The molecular formula is C17H24O5. The second-order valence-electron chi connectivity index (χ2n) is 7.26. The van der Waals surface area contributed by atoms with E-state index in [2.05, 4.69) is 12.8 Å². The van der Waals surface area contributed by atoms with Gasteiger partial charge < -0.3 is 14.2 Å². The Morgan fingerprint density at radius 2 is 2.14 bits per heavy atom. The van der Waals surface area contributed by atoms with Gasteiger partial charge in [0.25, 0.3) is 0 Å². The molecule has 1 saturated carbocycles. The summed E-state index contributed by atoms with van der Waals surface area (Å²) < 4.78 is 18.1. The summed E-state index contributed by atoms with van der Waals surface area (Å²) in [5.74, 6) is 2.70. The lowest BCUT2D eigenvalue weighted by Crippen LogP contribution is -2.69. The van der Waals surface area contributed by atoms with Crippen molar-refractivity contribution < 1.29 is 24.0 Å². The predicted molar refractivity (Wildman–Crippen MR) is 77.1 cm³/mol. The van der Waals surface area contributed by atoms with Crippen LogP contribution in [0.5, 0.6) is 0 Å². The summed E-state index contributed by atoms with van der Waals surface area (Å²) in [6.45, 7) is 4.33. The Balaban J connectivity index is 1.70. The molecule has 5 aliphatic rings. The zero-order valence-corrected chi connectivity index (χ0v) is 13.2. The van der Waals surface area contributed by atoms with Crippen LogP contribution in [0.4, 0.5) is 0 Å². The lowest BCUT2D eigenvalue weighted by Gasteiger charge is -2.58. The molecule has 0 radical (unpaired) electrons. The van der Waals surface area contributed by atoms with Gasteiger partial charge >= 0.3 is 0 Å². The molecule has 5 fully saturated rings. The van der Waals surface area contributed by atoms with Crippen molar-refractivity contribution in [2.75, 3.05) is 6.61 Å². The molecule has 0 amide bonds. The van der Waals surface area contributed by atoms with Gasteiger partial charge in [-0.1, -0.05) is 19.3 Å². The third-order valence-electron chi connectivity index (χ3n) is 5.97. The number of terminal acetylenes is 1. The van der Waals surface area contributed by atoms with E-state index in [0.717, 1.165) is 25.7 Å². The second kappa shape index (κ2) is 5.19. The van der Waals surface area contributed by atoms with E-state index in [9.17, 15) is 0 Å². The molecule has 2 bridgehead atoms. The maximum Gasteiger partial charge on any atom is 0.201 e. The molecule has 5 rings (SSSR count). The van der Waals surface area contributed by atoms with Crippen LogP contribution in [0.15, 0.2) is 0 Å². The fourth-order valence-corrected chi connectivity index (χ4v) is 4.84. The summed E-state index contributed by atoms with van der Waals surface area (Å²) in [5.41, 5.74) is -0.496. The van der Waals surface area contributed by atoms with Crippen LogP contribution in [0.2, 0.25) is 0 Å². The third-order valence-corrected chi connectivity index (χ3v) is 5.97. The van der Waals surface area contributed by atoms with E-state index in [1.807, 2.05) is 6.92 Å². The molecule has 4 aliphatic heterocycles. The highest BCUT2D eigenvalue weighted by atomic mass is 17.3. The fourth-order valence-electron chi connectivity index (χ4n) is 4.84. The minimum absolute atomic E-state index is 0.196. The summed E-state index contributed by atoms with van der Waals surface area (Å²) in [6.07, 6.45) is 9.84. The minimum Gasteiger partial charge on any atom is -0.340 e. The van der Waals surface area contributed by atoms with E-state index in [0.29, 0.717) is 11.8 Å². The van der Waals surface area contributed by atoms with Gasteiger partial charge in [0.15, 0.2) is 18.2 Å². The zero-order valence-electron chi connectivity index (χ0n) is 13.2. The zero-order chi connectivity index (χ0) is 15.4. The van der Waals surface area contributed by atoms with E-state index < -0.39 is 17.7 Å². The van der Waals surface area contributed by atoms with Crippen molar-refractivity contribution in [3.63, 3.8) is 0 Å². The summed E-state index contributed by atoms with van der Waals surface area (Å²) >= 11 is 0. The van der Waals surface area contributed by atoms with Gasteiger partial charge in [-0.05, 0) is 32.1 Å². The third kappa shape index (κ3) is 1.98. The second-order valence-corrected chi connectivity index (χ2v) is 7.26. The van der Waals surface area contributed by atoms with Crippen molar-refractivity contribution in [1.82, 2.24) is 0 Å². The van der Waals surface area contributed by atoms with Crippen LogP contribution < -0.4 is 0 Å². The van der Waals surface area contributed by atoms with Crippen LogP contribution in [0.1, 0.15) is 46.0 Å². The van der Waals surface area contributed by atoms with Crippen LogP contribution in [0, 0.1) is 30.1 Å². The van der Waals surface area contributed by atoms with Gasteiger partial charge in [-0.2, -0.15) is 0 Å². The van der Waals surface area contributed by atoms with Crippen molar-refractivity contribution in [3.05, 3.63) is 0 Å². The topological polar surface area (TPSA) is 46.2 Å². The quantitative estimate of drug-likeness (QED) is 0.579. The SMILES string of the molecule is C#CCO[C@@H]1O[C@@H]2O[C@@]3(C)CC[C@H]4CCC[C@@H]([C@H]1C)[C@]42OO3. The number of hydrogen-bond acceptors (Lipinski definition) is 5. The van der Waals surface area contributed by atoms with E-state index in [-0.39, 0.29) is 18.8 Å². The summed E-state index contributed by atoms with van der Waals surface area (Å²) in [7, 11) is 0. The van der Waals surface area contributed by atoms with Crippen molar-refractivity contribution in [3.8, 4) is 12.3 Å². The molecule has 7 atom stereocenters. The Kier molecular flexibility index (Phi) is 3.52. The monoisotopic (exact) mass is 308 g/mol. The molecule has 1 spiro atoms. The van der Waals surface area contributed by atoms with Crippen LogP contribution in [0.25, 0.3) is 0 Å². The van der Waals surface area contributed by atoms with Gasteiger partial charge in [0.05, 0.1) is 0 Å². The average Bonchev–Trinajstić information content (AvgIpc) is 2.74. The lowest BCUT2D eigenvalue weighted by atomic mass is 9.61. The van der Waals surface area contributed by atoms with Crippen molar-refractivity contribution in [2.45, 2.75) is 69.9 Å². The maximum atomic E-state index is 6.19. The average molecular weight is 308 g/mol. The first-order valence-corrected chi connectivity index (χ1v) is 8.34. The smallest absolute Gasteiger partial charge is 0.201 e. The molecule has 22 heavy (non-hydrogen) atoms. The molecule has 0 aromatic heterocycles. The summed E-state index contributed by atoms with van der Waals surface area (Å²) in [6, 6.07) is 0. The van der Waals surface area contributed by atoms with Crippen LogP contribution >= 0.6 is 0 Å². The number of ether oxygens (including phenoxy) is 3. The molecule has 1 aliphatic carbocycles. The van der Waals surface area contributed by atoms with E-state index in [1.54, 1.807) is 0 Å². The fraction of sp³-hybridized carbons (Fsp3) is 0.882. The van der Waals surface area contributed by atoms with E-state index >= 15 is 0 Å². The molecule has 5 nitrogen and oxygen atoms in total. The van der Waals surface area contributed by atoms with Gasteiger partial charge in [-0.25, -0.2) is 9.78 Å². The normalized spacial score (nSPS) is 53.4. The molecule has 0 N–H and O–H groups in total. The highest BCUT2D eigenvalue weighted by molar-refractivity contribution is 5.07. The van der Waals surface area contributed by atoms with Crippen molar-refractivity contribution in [1.29, 1.82) is 0 Å². The molecule has 4 heterocycles. The van der Waals surface area contributed by atoms with Crippen LogP contribution in [-0.4, -0.2) is 30.6 Å². The molecule has 4 saturated heterocycles. The van der Waals surface area contributed by atoms with Gasteiger partial charge in [-0.3, -0.25) is 0 Å². The number of hydrogen-bond donors (Lipinski definition) is 0. The first-order valence-electron chi connectivity index (χ1n) is 8.34. The first kappa shape index (κ1) is 14.9. The van der Waals surface area contributed by atoms with Crippen molar-refractivity contribution >= 4 is 0 Å². The molecule has 122 valence electrons. The molecular weight excluding hydrogens is 284 g/mol. The number of rotatable bonds is 2. The van der Waals surface area contributed by atoms with Gasteiger partial charge in [0.1, 0.15) is 6.61 Å². The minimum atomic E-state index is -0.727. The van der Waals surface area contributed by atoms with Gasteiger partial charge in [-0.15, -0.1) is 6.42 Å². The Hall–Kier alpha value is -0.640. The van der Waals surface area contributed by atoms with Crippen LogP contribution in [0.3, 0.4) is 0 Å².